The fourth-order valence-electron chi connectivity index (χ4n) is 1.19. The first-order valence-corrected chi connectivity index (χ1v) is 4.25. The van der Waals surface area contributed by atoms with Crippen LogP contribution in [-0.2, 0) is 0 Å². The number of nitrogens with two attached hydrogens (primary N) is 1. The minimum atomic E-state index is -0.206. The molecule has 0 bridgehead atoms. The van der Waals surface area contributed by atoms with Crippen LogP contribution >= 0.6 is 12.4 Å². The Hall–Kier alpha value is -0.600. The first kappa shape index (κ1) is 12.4. The third kappa shape index (κ3) is 3.75. The average Bonchev–Trinajstić information content (AvgIpc) is 2.06. The largest absolute Gasteiger partial charge is 0.324 e. The van der Waals surface area contributed by atoms with Crippen molar-refractivity contribution in [2.45, 2.75) is 25.8 Å². The van der Waals surface area contributed by atoms with Crippen molar-refractivity contribution in [3.05, 3.63) is 35.6 Å². The van der Waals surface area contributed by atoms with Gasteiger partial charge in [0, 0.05) is 6.04 Å². The molecule has 1 aromatic carbocycles. The highest BCUT2D eigenvalue weighted by molar-refractivity contribution is 5.85. The molecule has 1 atom stereocenters. The Balaban J connectivity index is 0.00000144. The standard InChI is InChI=1S/C10H14FN.ClH/c1-2-3-10(12)8-4-6-9(11)7-5-8;/h4-7,10H,2-3,12H2,1H3;1H. The highest BCUT2D eigenvalue weighted by atomic mass is 35.5. The van der Waals surface area contributed by atoms with Crippen LogP contribution in [0.3, 0.4) is 0 Å². The molecule has 1 aromatic rings. The predicted octanol–water partition coefficient (Wildman–Crippen LogP) is 3.05. The lowest BCUT2D eigenvalue weighted by Crippen LogP contribution is -2.09. The van der Waals surface area contributed by atoms with E-state index in [0.29, 0.717) is 0 Å². The van der Waals surface area contributed by atoms with Crippen LogP contribution in [0, 0.1) is 5.82 Å². The molecular weight excluding hydrogens is 189 g/mol. The van der Waals surface area contributed by atoms with E-state index in [4.69, 9.17) is 5.73 Å². The van der Waals surface area contributed by atoms with Crippen molar-refractivity contribution in [2.75, 3.05) is 0 Å². The molecule has 0 aliphatic rings. The maximum Gasteiger partial charge on any atom is 0.123 e. The predicted molar refractivity (Wildman–Crippen MR) is 55.5 cm³/mol. The van der Waals surface area contributed by atoms with Gasteiger partial charge in [-0.15, -0.1) is 12.4 Å². The lowest BCUT2D eigenvalue weighted by atomic mass is 10.0. The molecule has 74 valence electrons. The van der Waals surface area contributed by atoms with E-state index in [1.165, 1.54) is 12.1 Å². The van der Waals surface area contributed by atoms with Crippen molar-refractivity contribution >= 4 is 12.4 Å². The molecule has 0 saturated carbocycles. The number of hydrogen-bond acceptors (Lipinski definition) is 1. The van der Waals surface area contributed by atoms with E-state index in [2.05, 4.69) is 6.92 Å². The van der Waals surface area contributed by atoms with Crippen LogP contribution in [-0.4, -0.2) is 0 Å². The number of halogens is 2. The molecule has 13 heavy (non-hydrogen) atoms. The summed E-state index contributed by atoms with van der Waals surface area (Å²) >= 11 is 0. The molecule has 0 saturated heterocycles. The fraction of sp³-hybridized carbons (Fsp3) is 0.400. The van der Waals surface area contributed by atoms with E-state index in [-0.39, 0.29) is 24.3 Å². The molecule has 3 heteroatoms. The monoisotopic (exact) mass is 203 g/mol. The van der Waals surface area contributed by atoms with Gasteiger partial charge in [-0.1, -0.05) is 25.5 Å². The minimum absolute atomic E-state index is 0. The zero-order chi connectivity index (χ0) is 8.97. The number of hydrogen-bond donors (Lipinski definition) is 1. The molecule has 0 heterocycles. The van der Waals surface area contributed by atoms with Crippen molar-refractivity contribution in [2.24, 2.45) is 5.73 Å². The van der Waals surface area contributed by atoms with E-state index in [0.717, 1.165) is 18.4 Å². The summed E-state index contributed by atoms with van der Waals surface area (Å²) in [7, 11) is 0. The van der Waals surface area contributed by atoms with Crippen LogP contribution in [0.4, 0.5) is 4.39 Å². The van der Waals surface area contributed by atoms with E-state index >= 15 is 0 Å². The Morgan fingerprint density at radius 3 is 2.31 bits per heavy atom. The maximum absolute atomic E-state index is 12.5. The molecular formula is C10H15ClFN. The van der Waals surface area contributed by atoms with Crippen LogP contribution in [0.1, 0.15) is 31.4 Å². The van der Waals surface area contributed by atoms with Gasteiger partial charge in [-0.3, -0.25) is 0 Å². The highest BCUT2D eigenvalue weighted by Crippen LogP contribution is 2.15. The second-order valence-corrected chi connectivity index (χ2v) is 2.95. The molecule has 0 radical (unpaired) electrons. The SMILES string of the molecule is CCCC(N)c1ccc(F)cc1.Cl. The van der Waals surface area contributed by atoms with Gasteiger partial charge >= 0.3 is 0 Å². The molecule has 0 spiro atoms. The molecule has 0 fully saturated rings. The summed E-state index contributed by atoms with van der Waals surface area (Å²) in [6.07, 6.45) is 2.00. The van der Waals surface area contributed by atoms with Crippen molar-refractivity contribution in [3.8, 4) is 0 Å². The normalized spacial score (nSPS) is 11.9. The smallest absolute Gasteiger partial charge is 0.123 e. The van der Waals surface area contributed by atoms with Gasteiger partial charge in [-0.25, -0.2) is 4.39 Å². The molecule has 2 N–H and O–H groups in total. The van der Waals surface area contributed by atoms with Crippen molar-refractivity contribution < 1.29 is 4.39 Å². The van der Waals surface area contributed by atoms with Gasteiger partial charge in [0.05, 0.1) is 0 Å². The second kappa shape index (κ2) is 5.95. The Kier molecular flexibility index (Phi) is 5.67. The summed E-state index contributed by atoms with van der Waals surface area (Å²) in [5.41, 5.74) is 6.85. The third-order valence-corrected chi connectivity index (χ3v) is 1.90. The molecule has 0 aliphatic heterocycles. The number of rotatable bonds is 3. The molecule has 1 rings (SSSR count). The second-order valence-electron chi connectivity index (χ2n) is 2.95. The highest BCUT2D eigenvalue weighted by Gasteiger charge is 2.03. The van der Waals surface area contributed by atoms with Gasteiger partial charge in [0.2, 0.25) is 0 Å². The maximum atomic E-state index is 12.5. The zero-order valence-electron chi connectivity index (χ0n) is 7.66. The van der Waals surface area contributed by atoms with Gasteiger partial charge in [0.25, 0.3) is 0 Å². The summed E-state index contributed by atoms with van der Waals surface area (Å²) in [5, 5.41) is 0. The molecule has 1 nitrogen and oxygen atoms in total. The van der Waals surface area contributed by atoms with Gasteiger partial charge in [-0.05, 0) is 24.1 Å². The van der Waals surface area contributed by atoms with E-state index < -0.39 is 0 Å². The lowest BCUT2D eigenvalue weighted by molar-refractivity contribution is 0.616. The molecule has 0 aromatic heterocycles. The van der Waals surface area contributed by atoms with Crippen molar-refractivity contribution in [3.63, 3.8) is 0 Å². The summed E-state index contributed by atoms with van der Waals surface area (Å²) in [6.45, 7) is 2.09. The quantitative estimate of drug-likeness (QED) is 0.803. The minimum Gasteiger partial charge on any atom is -0.324 e. The summed E-state index contributed by atoms with van der Waals surface area (Å²) in [6, 6.07) is 6.44. The Morgan fingerprint density at radius 1 is 1.31 bits per heavy atom. The summed E-state index contributed by atoms with van der Waals surface area (Å²) < 4.78 is 12.5. The van der Waals surface area contributed by atoms with Crippen LogP contribution in [0.5, 0.6) is 0 Å². The van der Waals surface area contributed by atoms with Crippen LogP contribution < -0.4 is 5.73 Å². The average molecular weight is 204 g/mol. The van der Waals surface area contributed by atoms with Gasteiger partial charge in [0.1, 0.15) is 5.82 Å². The van der Waals surface area contributed by atoms with Crippen molar-refractivity contribution in [1.29, 1.82) is 0 Å². The topological polar surface area (TPSA) is 26.0 Å². The summed E-state index contributed by atoms with van der Waals surface area (Å²) in [4.78, 5) is 0. The first-order valence-electron chi connectivity index (χ1n) is 4.25. The Morgan fingerprint density at radius 2 is 1.85 bits per heavy atom. The summed E-state index contributed by atoms with van der Waals surface area (Å²) in [5.74, 6) is -0.206. The van der Waals surface area contributed by atoms with Gasteiger partial charge < -0.3 is 5.73 Å². The fourth-order valence-corrected chi connectivity index (χ4v) is 1.19. The van der Waals surface area contributed by atoms with E-state index in [1.807, 2.05) is 0 Å². The van der Waals surface area contributed by atoms with E-state index in [9.17, 15) is 4.39 Å². The molecule has 0 amide bonds. The zero-order valence-corrected chi connectivity index (χ0v) is 8.48. The van der Waals surface area contributed by atoms with E-state index in [1.54, 1.807) is 12.1 Å². The third-order valence-electron chi connectivity index (χ3n) is 1.90. The van der Waals surface area contributed by atoms with Gasteiger partial charge in [0.15, 0.2) is 0 Å². The van der Waals surface area contributed by atoms with Crippen LogP contribution in [0.2, 0.25) is 0 Å². The van der Waals surface area contributed by atoms with Gasteiger partial charge in [-0.2, -0.15) is 0 Å². The first-order chi connectivity index (χ1) is 5.74. The lowest BCUT2D eigenvalue weighted by Gasteiger charge is -2.09. The van der Waals surface area contributed by atoms with Crippen LogP contribution in [0.15, 0.2) is 24.3 Å². The molecule has 1 unspecified atom stereocenters. The molecule has 0 aliphatic carbocycles. The van der Waals surface area contributed by atoms with Crippen molar-refractivity contribution in [1.82, 2.24) is 0 Å². The van der Waals surface area contributed by atoms with Crippen LogP contribution in [0.25, 0.3) is 0 Å². The Bertz CT molecular complexity index is 235. The Labute approximate surface area is 84.5 Å². The number of benzene rings is 1.